The van der Waals surface area contributed by atoms with Crippen LogP contribution in [-0.4, -0.2) is 39.7 Å². The number of amides is 1. The first-order valence-corrected chi connectivity index (χ1v) is 9.75. The number of carbonyl (C=O) groups excluding carboxylic acids is 1. The number of nitrogens with zero attached hydrogens (tertiary/aromatic N) is 3. The largest absolute Gasteiger partial charge is 0.350 e. The average molecular weight is 387 g/mol. The van der Waals surface area contributed by atoms with Crippen LogP contribution in [0.5, 0.6) is 0 Å². The van der Waals surface area contributed by atoms with Crippen LogP contribution in [0.4, 0.5) is 0 Å². The molecule has 0 spiro atoms. The molecule has 0 unspecified atom stereocenters. The van der Waals surface area contributed by atoms with Gasteiger partial charge in [-0.05, 0) is 50.5 Å². The van der Waals surface area contributed by atoms with Gasteiger partial charge in [-0.3, -0.25) is 14.4 Å². The Labute approximate surface area is 166 Å². The number of benzene rings is 1. The van der Waals surface area contributed by atoms with Crippen LogP contribution in [0.25, 0.3) is 6.08 Å². The molecule has 2 aromatic rings. The molecule has 1 amide bonds. The summed E-state index contributed by atoms with van der Waals surface area (Å²) in [5.41, 5.74) is 4.29. The smallest absolute Gasteiger partial charge is 0.244 e. The van der Waals surface area contributed by atoms with Crippen LogP contribution in [-0.2, 0) is 18.4 Å². The molecule has 0 aliphatic carbocycles. The van der Waals surface area contributed by atoms with E-state index in [0.717, 1.165) is 54.4 Å². The Hall–Kier alpha value is -2.11. The van der Waals surface area contributed by atoms with Gasteiger partial charge in [-0.2, -0.15) is 5.10 Å². The third-order valence-corrected chi connectivity index (χ3v) is 5.47. The fourth-order valence-corrected chi connectivity index (χ4v) is 3.65. The number of likely N-dealkylation sites (tertiary alicyclic amines) is 1. The molecule has 1 saturated heterocycles. The van der Waals surface area contributed by atoms with Gasteiger partial charge in [-0.1, -0.05) is 23.7 Å². The Morgan fingerprint density at radius 1 is 1.26 bits per heavy atom. The van der Waals surface area contributed by atoms with Crippen LogP contribution >= 0.6 is 11.6 Å². The number of nitrogens with one attached hydrogen (secondary N) is 1. The predicted octanol–water partition coefficient (Wildman–Crippen LogP) is 3.48. The molecule has 1 aliphatic heterocycles. The summed E-state index contributed by atoms with van der Waals surface area (Å²) in [6.07, 6.45) is 5.43. The fraction of sp³-hybridized carbons (Fsp3) is 0.429. The van der Waals surface area contributed by atoms with E-state index in [0.29, 0.717) is 0 Å². The molecular weight excluding hydrogens is 360 g/mol. The van der Waals surface area contributed by atoms with Gasteiger partial charge in [0, 0.05) is 55.1 Å². The third-order valence-electron chi connectivity index (χ3n) is 5.22. The lowest BCUT2D eigenvalue weighted by Crippen LogP contribution is -2.43. The van der Waals surface area contributed by atoms with E-state index in [9.17, 15) is 4.79 Å². The Bertz CT molecular complexity index is 817. The summed E-state index contributed by atoms with van der Waals surface area (Å²) >= 11 is 5.94. The highest BCUT2D eigenvalue weighted by molar-refractivity contribution is 6.30. The SMILES string of the molecule is Cc1nn(C)c(C)c1/C=C/C(=O)NC1CCN(Cc2ccc(Cl)cc2)CC1. The molecule has 0 radical (unpaired) electrons. The molecule has 144 valence electrons. The zero-order valence-electron chi connectivity index (χ0n) is 16.2. The summed E-state index contributed by atoms with van der Waals surface area (Å²) in [6, 6.07) is 8.25. The molecular formula is C21H27ClN4O. The van der Waals surface area contributed by atoms with E-state index in [1.54, 1.807) is 6.08 Å². The first-order valence-electron chi connectivity index (χ1n) is 9.38. The summed E-state index contributed by atoms with van der Waals surface area (Å²) < 4.78 is 1.84. The Kier molecular flexibility index (Phi) is 6.34. The number of hydrogen-bond acceptors (Lipinski definition) is 3. The summed E-state index contributed by atoms with van der Waals surface area (Å²) in [5, 5.41) is 8.27. The summed E-state index contributed by atoms with van der Waals surface area (Å²) in [5.74, 6) is -0.0335. The van der Waals surface area contributed by atoms with Gasteiger partial charge in [-0.25, -0.2) is 0 Å². The minimum atomic E-state index is -0.0335. The number of aromatic nitrogens is 2. The van der Waals surface area contributed by atoms with Gasteiger partial charge in [0.1, 0.15) is 0 Å². The summed E-state index contributed by atoms with van der Waals surface area (Å²) in [7, 11) is 1.91. The summed E-state index contributed by atoms with van der Waals surface area (Å²) in [6.45, 7) is 6.86. The van der Waals surface area contributed by atoms with Crippen molar-refractivity contribution in [3.8, 4) is 0 Å². The maximum Gasteiger partial charge on any atom is 0.244 e. The van der Waals surface area contributed by atoms with Crippen molar-refractivity contribution in [2.24, 2.45) is 7.05 Å². The first-order chi connectivity index (χ1) is 12.9. The quantitative estimate of drug-likeness (QED) is 0.800. The van der Waals surface area contributed by atoms with E-state index in [1.165, 1.54) is 5.56 Å². The molecule has 3 rings (SSSR count). The minimum Gasteiger partial charge on any atom is -0.350 e. The molecule has 1 aromatic carbocycles. The molecule has 0 bridgehead atoms. The van der Waals surface area contributed by atoms with Crippen molar-refractivity contribution in [3.63, 3.8) is 0 Å². The molecule has 6 heteroatoms. The van der Waals surface area contributed by atoms with Crippen molar-refractivity contribution in [3.05, 3.63) is 57.9 Å². The lowest BCUT2D eigenvalue weighted by molar-refractivity contribution is -0.117. The Balaban J connectivity index is 1.46. The topological polar surface area (TPSA) is 50.2 Å². The van der Waals surface area contributed by atoms with Crippen molar-refractivity contribution in [1.82, 2.24) is 20.0 Å². The van der Waals surface area contributed by atoms with Gasteiger partial charge < -0.3 is 5.32 Å². The van der Waals surface area contributed by atoms with Crippen LogP contribution in [0.1, 0.15) is 35.4 Å². The van der Waals surface area contributed by atoms with Crippen molar-refractivity contribution in [2.45, 2.75) is 39.3 Å². The highest BCUT2D eigenvalue weighted by atomic mass is 35.5. The van der Waals surface area contributed by atoms with Gasteiger partial charge in [0.05, 0.1) is 5.69 Å². The number of hydrogen-bond donors (Lipinski definition) is 1. The Morgan fingerprint density at radius 3 is 2.52 bits per heavy atom. The van der Waals surface area contributed by atoms with Crippen LogP contribution < -0.4 is 5.32 Å². The van der Waals surface area contributed by atoms with Crippen LogP contribution in [0.15, 0.2) is 30.3 Å². The first kappa shape index (κ1) is 19.6. The predicted molar refractivity (Wildman–Crippen MR) is 110 cm³/mol. The highest BCUT2D eigenvalue weighted by Gasteiger charge is 2.20. The highest BCUT2D eigenvalue weighted by Crippen LogP contribution is 2.16. The molecule has 1 aliphatic rings. The minimum absolute atomic E-state index is 0.0335. The number of piperidine rings is 1. The van der Waals surface area contributed by atoms with Crippen molar-refractivity contribution >= 4 is 23.6 Å². The molecule has 1 N–H and O–H groups in total. The van der Waals surface area contributed by atoms with Gasteiger partial charge in [0.25, 0.3) is 0 Å². The second-order valence-corrected chi connectivity index (χ2v) is 7.66. The van der Waals surface area contributed by atoms with E-state index in [4.69, 9.17) is 11.6 Å². The number of aryl methyl sites for hydroxylation is 2. The summed E-state index contributed by atoms with van der Waals surface area (Å²) in [4.78, 5) is 14.7. The van der Waals surface area contributed by atoms with Crippen molar-refractivity contribution in [2.75, 3.05) is 13.1 Å². The molecule has 5 nitrogen and oxygen atoms in total. The lowest BCUT2D eigenvalue weighted by atomic mass is 10.0. The third kappa shape index (κ3) is 5.21. The maximum atomic E-state index is 12.3. The monoisotopic (exact) mass is 386 g/mol. The molecule has 1 fully saturated rings. The van der Waals surface area contributed by atoms with E-state index < -0.39 is 0 Å². The number of halogens is 1. The Morgan fingerprint density at radius 2 is 1.93 bits per heavy atom. The number of rotatable bonds is 5. The fourth-order valence-electron chi connectivity index (χ4n) is 3.52. The molecule has 0 saturated carbocycles. The lowest BCUT2D eigenvalue weighted by Gasteiger charge is -2.32. The van der Waals surface area contributed by atoms with E-state index in [2.05, 4.69) is 27.4 Å². The van der Waals surface area contributed by atoms with Crippen molar-refractivity contribution < 1.29 is 4.79 Å². The van der Waals surface area contributed by atoms with Crippen LogP contribution in [0, 0.1) is 13.8 Å². The van der Waals surface area contributed by atoms with Gasteiger partial charge in [0.15, 0.2) is 0 Å². The zero-order chi connectivity index (χ0) is 19.4. The van der Waals surface area contributed by atoms with Gasteiger partial charge in [0.2, 0.25) is 5.91 Å². The van der Waals surface area contributed by atoms with E-state index in [-0.39, 0.29) is 11.9 Å². The second kappa shape index (κ2) is 8.72. The molecule has 2 heterocycles. The molecule has 1 aromatic heterocycles. The zero-order valence-corrected chi connectivity index (χ0v) is 17.0. The number of carbonyl (C=O) groups is 1. The van der Waals surface area contributed by atoms with E-state index >= 15 is 0 Å². The maximum absolute atomic E-state index is 12.3. The van der Waals surface area contributed by atoms with Crippen molar-refractivity contribution in [1.29, 1.82) is 0 Å². The second-order valence-electron chi connectivity index (χ2n) is 7.23. The molecule has 0 atom stereocenters. The standard InChI is InChI=1S/C21H27ClN4O/c1-15-20(16(2)25(3)24-15)8-9-21(27)23-19-10-12-26(13-11-19)14-17-4-6-18(22)7-5-17/h4-9,19H,10-14H2,1-3H3,(H,23,27)/b9-8+. The van der Waals surface area contributed by atoms with Gasteiger partial charge in [-0.15, -0.1) is 0 Å². The van der Waals surface area contributed by atoms with Gasteiger partial charge >= 0.3 is 0 Å². The molecule has 27 heavy (non-hydrogen) atoms. The average Bonchev–Trinajstić information content (AvgIpc) is 2.89. The normalized spacial score (nSPS) is 16.1. The van der Waals surface area contributed by atoms with E-state index in [1.807, 2.05) is 43.8 Å². The van der Waals surface area contributed by atoms with Crippen LogP contribution in [0.3, 0.4) is 0 Å². The van der Waals surface area contributed by atoms with Crippen LogP contribution in [0.2, 0.25) is 5.02 Å².